The van der Waals surface area contributed by atoms with E-state index in [4.69, 9.17) is 0 Å². The topological polar surface area (TPSA) is 88.9 Å². The lowest BCUT2D eigenvalue weighted by atomic mass is 10.0. The number of hydrogen-bond donors (Lipinski definition) is 2. The third kappa shape index (κ3) is 5.40. The van der Waals surface area contributed by atoms with Crippen molar-refractivity contribution in [3.8, 4) is 5.69 Å². The van der Waals surface area contributed by atoms with Crippen LogP contribution in [-0.2, 0) is 9.59 Å². The summed E-state index contributed by atoms with van der Waals surface area (Å²) in [5.41, 5.74) is 2.56. The minimum atomic E-state index is -0.139. The molecule has 2 N–H and O–H groups in total. The molecule has 4 aromatic rings. The molecule has 3 aromatic carbocycles. The van der Waals surface area contributed by atoms with Gasteiger partial charge in [-0.3, -0.25) is 14.2 Å². The van der Waals surface area contributed by atoms with Crippen LogP contribution in [0, 0.1) is 6.92 Å². The Balaban J connectivity index is 1.43. The van der Waals surface area contributed by atoms with Gasteiger partial charge in [0.25, 0.3) is 0 Å². The number of nitrogens with one attached hydrogen (secondary N) is 2. The smallest absolute Gasteiger partial charge is 0.230 e. The molecule has 1 unspecified atom stereocenters. The first kappa shape index (κ1) is 22.5. The van der Waals surface area contributed by atoms with Gasteiger partial charge in [0.15, 0.2) is 5.16 Å². The van der Waals surface area contributed by atoms with Gasteiger partial charge in [-0.2, -0.15) is 0 Å². The number of aromatic nitrogens is 3. The first-order valence-corrected chi connectivity index (χ1v) is 11.6. The molecule has 0 fully saturated rings. The minimum Gasteiger partial charge on any atom is -0.349 e. The minimum absolute atomic E-state index is 0.0835. The predicted molar refractivity (Wildman–Crippen MR) is 132 cm³/mol. The number of aryl methyl sites for hydroxylation is 1. The van der Waals surface area contributed by atoms with Crippen molar-refractivity contribution in [2.45, 2.75) is 32.0 Å². The summed E-state index contributed by atoms with van der Waals surface area (Å²) in [5, 5.41) is 17.2. The molecule has 2 amide bonds. The van der Waals surface area contributed by atoms with E-state index < -0.39 is 0 Å². The number of anilines is 1. The maximum absolute atomic E-state index is 12.7. The van der Waals surface area contributed by atoms with E-state index in [-0.39, 0.29) is 23.6 Å². The zero-order valence-electron chi connectivity index (χ0n) is 18.7. The van der Waals surface area contributed by atoms with E-state index in [9.17, 15) is 9.59 Å². The molecule has 0 bridgehead atoms. The highest BCUT2D eigenvalue weighted by Crippen LogP contribution is 2.24. The molecule has 0 spiro atoms. The third-order valence-corrected chi connectivity index (χ3v) is 6.13. The monoisotopic (exact) mass is 459 g/mol. The van der Waals surface area contributed by atoms with Crippen molar-refractivity contribution in [1.29, 1.82) is 0 Å². The van der Waals surface area contributed by atoms with Crippen LogP contribution >= 0.6 is 11.8 Å². The molecule has 1 heterocycles. The van der Waals surface area contributed by atoms with Crippen molar-refractivity contribution in [2.24, 2.45) is 0 Å². The maximum atomic E-state index is 12.7. The Labute approximate surface area is 196 Å². The molecule has 0 saturated heterocycles. The highest BCUT2D eigenvalue weighted by Gasteiger charge is 2.16. The van der Waals surface area contributed by atoms with Gasteiger partial charge in [-0.25, -0.2) is 0 Å². The van der Waals surface area contributed by atoms with E-state index in [1.165, 1.54) is 24.1 Å². The van der Waals surface area contributed by atoms with Crippen LogP contribution in [0.5, 0.6) is 0 Å². The first-order valence-electron chi connectivity index (χ1n) is 10.6. The lowest BCUT2D eigenvalue weighted by molar-refractivity contribution is -0.119. The van der Waals surface area contributed by atoms with Gasteiger partial charge in [-0.05, 0) is 54.4 Å². The molecule has 0 aliphatic rings. The number of carbonyl (C=O) groups is 2. The van der Waals surface area contributed by atoms with Gasteiger partial charge in [0.2, 0.25) is 11.8 Å². The first-order chi connectivity index (χ1) is 15.9. The molecular formula is C25H25N5O2S. The number of fused-ring (bicyclic) bond motifs is 1. The molecule has 0 aliphatic carbocycles. The van der Waals surface area contributed by atoms with Crippen LogP contribution in [0.4, 0.5) is 5.69 Å². The Kier molecular flexibility index (Phi) is 6.74. The normalized spacial score (nSPS) is 11.8. The number of carbonyl (C=O) groups excluding carboxylic acids is 2. The van der Waals surface area contributed by atoms with E-state index in [2.05, 4.69) is 45.1 Å². The van der Waals surface area contributed by atoms with E-state index >= 15 is 0 Å². The van der Waals surface area contributed by atoms with Crippen LogP contribution in [0.3, 0.4) is 0 Å². The van der Waals surface area contributed by atoms with Crippen molar-refractivity contribution >= 4 is 40.0 Å². The molecule has 1 aromatic heterocycles. The molecule has 0 saturated carbocycles. The molecule has 0 aliphatic heterocycles. The summed E-state index contributed by atoms with van der Waals surface area (Å²) in [6.45, 7) is 5.30. The Bertz CT molecular complexity index is 1320. The van der Waals surface area contributed by atoms with Gasteiger partial charge in [0.05, 0.1) is 17.5 Å². The third-order valence-electron chi connectivity index (χ3n) is 5.20. The van der Waals surface area contributed by atoms with Crippen LogP contribution in [0.1, 0.15) is 31.3 Å². The average molecular weight is 460 g/mol. The fraction of sp³-hybridized carbons (Fsp3) is 0.200. The number of benzene rings is 3. The molecule has 1 atom stereocenters. The van der Waals surface area contributed by atoms with Gasteiger partial charge >= 0.3 is 0 Å². The molecule has 0 radical (unpaired) electrons. The number of amides is 2. The van der Waals surface area contributed by atoms with Crippen molar-refractivity contribution in [3.63, 3.8) is 0 Å². The quantitative estimate of drug-likeness (QED) is 0.393. The number of thioether (sulfide) groups is 1. The largest absolute Gasteiger partial charge is 0.349 e. The second kappa shape index (κ2) is 9.87. The lowest BCUT2D eigenvalue weighted by Gasteiger charge is -2.15. The Morgan fingerprint density at radius 3 is 2.58 bits per heavy atom. The van der Waals surface area contributed by atoms with Crippen molar-refractivity contribution in [2.75, 3.05) is 11.1 Å². The molecular weight excluding hydrogens is 434 g/mol. The Morgan fingerprint density at radius 2 is 1.79 bits per heavy atom. The molecule has 8 heteroatoms. The Morgan fingerprint density at radius 1 is 1.00 bits per heavy atom. The van der Waals surface area contributed by atoms with Crippen LogP contribution in [0.25, 0.3) is 16.5 Å². The van der Waals surface area contributed by atoms with Crippen molar-refractivity contribution in [3.05, 3.63) is 78.1 Å². The van der Waals surface area contributed by atoms with E-state index in [0.29, 0.717) is 16.7 Å². The summed E-state index contributed by atoms with van der Waals surface area (Å²) in [6, 6.07) is 21.7. The number of hydrogen-bond acceptors (Lipinski definition) is 5. The van der Waals surface area contributed by atoms with E-state index in [0.717, 1.165) is 16.6 Å². The lowest BCUT2D eigenvalue weighted by Crippen LogP contribution is -2.28. The second-order valence-corrected chi connectivity index (χ2v) is 8.72. The summed E-state index contributed by atoms with van der Waals surface area (Å²) in [7, 11) is 0. The number of nitrogens with zero attached hydrogens (tertiary/aromatic N) is 3. The summed E-state index contributed by atoms with van der Waals surface area (Å²) in [6.07, 6.45) is 0. The molecule has 33 heavy (non-hydrogen) atoms. The summed E-state index contributed by atoms with van der Waals surface area (Å²) in [4.78, 5) is 24.0. The predicted octanol–water partition coefficient (Wildman–Crippen LogP) is 4.66. The van der Waals surface area contributed by atoms with Gasteiger partial charge in [0, 0.05) is 12.6 Å². The van der Waals surface area contributed by atoms with E-state index in [1.54, 1.807) is 0 Å². The number of rotatable bonds is 7. The summed E-state index contributed by atoms with van der Waals surface area (Å²) in [5.74, 6) is 0.684. The maximum Gasteiger partial charge on any atom is 0.230 e. The molecule has 7 nitrogen and oxygen atoms in total. The SMILES string of the molecule is CC(=O)Nc1cccc(-n2c(C)nnc2SCC(=O)NC(C)c2ccc3ccccc3c2)c1. The zero-order chi connectivity index (χ0) is 23.4. The Hall–Kier alpha value is -3.65. The highest BCUT2D eigenvalue weighted by molar-refractivity contribution is 7.99. The van der Waals surface area contributed by atoms with Crippen LogP contribution in [0.15, 0.2) is 71.9 Å². The second-order valence-electron chi connectivity index (χ2n) is 7.78. The highest BCUT2D eigenvalue weighted by atomic mass is 32.2. The van der Waals surface area contributed by atoms with Crippen molar-refractivity contribution in [1.82, 2.24) is 20.1 Å². The van der Waals surface area contributed by atoms with Gasteiger partial charge in [-0.15, -0.1) is 10.2 Å². The average Bonchev–Trinajstić information content (AvgIpc) is 3.17. The zero-order valence-corrected chi connectivity index (χ0v) is 19.5. The van der Waals surface area contributed by atoms with Crippen LogP contribution in [0.2, 0.25) is 0 Å². The van der Waals surface area contributed by atoms with Gasteiger partial charge in [-0.1, -0.05) is 54.2 Å². The molecule has 4 rings (SSSR count). The summed E-state index contributed by atoms with van der Waals surface area (Å²) < 4.78 is 1.87. The van der Waals surface area contributed by atoms with E-state index in [1.807, 2.05) is 60.9 Å². The fourth-order valence-electron chi connectivity index (χ4n) is 3.63. The standard InChI is InChI=1S/C25H25N5O2S/c1-16(20-12-11-19-7-4-5-8-21(19)13-20)26-24(32)15-33-25-29-28-17(2)30(25)23-10-6-9-22(14-23)27-18(3)31/h4-14,16H,15H2,1-3H3,(H,26,32)(H,27,31). The fourth-order valence-corrected chi connectivity index (χ4v) is 4.44. The van der Waals surface area contributed by atoms with Crippen LogP contribution < -0.4 is 10.6 Å². The summed E-state index contributed by atoms with van der Waals surface area (Å²) >= 11 is 1.32. The van der Waals surface area contributed by atoms with Crippen molar-refractivity contribution < 1.29 is 9.59 Å². The molecule has 168 valence electrons. The van der Waals surface area contributed by atoms with Crippen LogP contribution in [-0.4, -0.2) is 32.3 Å². The van der Waals surface area contributed by atoms with Gasteiger partial charge in [0.1, 0.15) is 5.82 Å². The van der Waals surface area contributed by atoms with Gasteiger partial charge < -0.3 is 10.6 Å².